The first kappa shape index (κ1) is 15.3. The number of aryl methyl sites for hydroxylation is 1. The Kier molecular flexibility index (Phi) is 4.67. The van der Waals surface area contributed by atoms with Crippen LogP contribution in [0.25, 0.3) is 0 Å². The van der Waals surface area contributed by atoms with E-state index >= 15 is 0 Å². The minimum absolute atomic E-state index is 0.0188. The molecule has 20 heavy (non-hydrogen) atoms. The van der Waals surface area contributed by atoms with Crippen LogP contribution in [0.2, 0.25) is 0 Å². The van der Waals surface area contributed by atoms with Crippen molar-refractivity contribution in [2.45, 2.75) is 37.6 Å². The number of anilines is 1. The Bertz CT molecular complexity index is 564. The molecular formula is C14H23N3O2S. The predicted molar refractivity (Wildman–Crippen MR) is 81.0 cm³/mol. The molecule has 112 valence electrons. The number of nitrogens with two attached hydrogens (primary N) is 1. The van der Waals surface area contributed by atoms with Crippen molar-refractivity contribution in [3.05, 3.63) is 23.8 Å². The van der Waals surface area contributed by atoms with Gasteiger partial charge in [-0.15, -0.1) is 0 Å². The number of nitrogen functional groups attached to an aromatic ring is 1. The van der Waals surface area contributed by atoms with Gasteiger partial charge in [-0.05, 0) is 57.1 Å². The van der Waals surface area contributed by atoms with Crippen molar-refractivity contribution in [3.8, 4) is 0 Å². The summed E-state index contributed by atoms with van der Waals surface area (Å²) in [6, 6.07) is 4.89. The molecule has 1 aromatic carbocycles. The third-order valence-electron chi connectivity index (χ3n) is 3.92. The molecule has 1 aromatic rings. The first-order valence-electron chi connectivity index (χ1n) is 7.03. The topological polar surface area (TPSA) is 75.4 Å². The Morgan fingerprint density at radius 3 is 2.55 bits per heavy atom. The summed E-state index contributed by atoms with van der Waals surface area (Å²) in [6.45, 7) is 6.90. The molecule has 5 nitrogen and oxygen atoms in total. The van der Waals surface area contributed by atoms with E-state index in [1.165, 1.54) is 6.07 Å². The molecule has 0 bridgehead atoms. The van der Waals surface area contributed by atoms with E-state index in [1.54, 1.807) is 12.1 Å². The summed E-state index contributed by atoms with van der Waals surface area (Å²) in [5.74, 6) is 0. The van der Waals surface area contributed by atoms with Gasteiger partial charge in [0, 0.05) is 11.7 Å². The summed E-state index contributed by atoms with van der Waals surface area (Å²) >= 11 is 0. The second-order valence-corrected chi connectivity index (χ2v) is 7.06. The Morgan fingerprint density at radius 1 is 1.35 bits per heavy atom. The van der Waals surface area contributed by atoms with Gasteiger partial charge in [-0.2, -0.15) is 0 Å². The van der Waals surface area contributed by atoms with Crippen LogP contribution in [-0.2, 0) is 10.0 Å². The van der Waals surface area contributed by atoms with Gasteiger partial charge in [0.2, 0.25) is 10.0 Å². The van der Waals surface area contributed by atoms with Gasteiger partial charge >= 0.3 is 0 Å². The third-order valence-corrected chi connectivity index (χ3v) is 5.44. The molecule has 3 N–H and O–H groups in total. The van der Waals surface area contributed by atoms with Crippen molar-refractivity contribution >= 4 is 15.7 Å². The number of hydrogen-bond donors (Lipinski definition) is 2. The molecule has 2 rings (SSSR count). The van der Waals surface area contributed by atoms with Crippen LogP contribution in [0.5, 0.6) is 0 Å². The van der Waals surface area contributed by atoms with E-state index in [0.717, 1.165) is 38.0 Å². The molecular weight excluding hydrogens is 274 g/mol. The molecule has 0 saturated carbocycles. The van der Waals surface area contributed by atoms with Crippen molar-refractivity contribution in [1.29, 1.82) is 0 Å². The predicted octanol–water partition coefficient (Wildman–Crippen LogP) is 1.34. The van der Waals surface area contributed by atoms with Crippen LogP contribution in [0.1, 0.15) is 25.3 Å². The van der Waals surface area contributed by atoms with Crippen LogP contribution in [0.15, 0.2) is 23.1 Å². The van der Waals surface area contributed by atoms with E-state index in [2.05, 4.69) is 16.5 Å². The van der Waals surface area contributed by atoms with Gasteiger partial charge in [-0.25, -0.2) is 13.1 Å². The highest BCUT2D eigenvalue weighted by molar-refractivity contribution is 7.89. The number of rotatable bonds is 4. The lowest BCUT2D eigenvalue weighted by atomic mass is 10.1. The number of nitrogens with zero attached hydrogens (tertiary/aromatic N) is 1. The Morgan fingerprint density at radius 2 is 2.00 bits per heavy atom. The van der Waals surface area contributed by atoms with E-state index < -0.39 is 10.0 Å². The van der Waals surface area contributed by atoms with E-state index in [-0.39, 0.29) is 10.9 Å². The largest absolute Gasteiger partial charge is 0.398 e. The first-order chi connectivity index (χ1) is 9.42. The molecule has 0 aliphatic carbocycles. The van der Waals surface area contributed by atoms with Crippen molar-refractivity contribution in [2.75, 3.05) is 25.4 Å². The summed E-state index contributed by atoms with van der Waals surface area (Å²) in [4.78, 5) is 2.58. The summed E-state index contributed by atoms with van der Waals surface area (Å²) in [5.41, 5.74) is 7.18. The lowest BCUT2D eigenvalue weighted by Crippen LogP contribution is -2.44. The van der Waals surface area contributed by atoms with Crippen LogP contribution in [-0.4, -0.2) is 39.0 Å². The van der Waals surface area contributed by atoms with Crippen molar-refractivity contribution in [2.24, 2.45) is 0 Å². The molecule has 1 heterocycles. The Balaban J connectivity index is 2.06. The van der Waals surface area contributed by atoms with Gasteiger partial charge in [-0.3, -0.25) is 0 Å². The average Bonchev–Trinajstić information content (AvgIpc) is 2.42. The molecule has 0 unspecified atom stereocenters. The number of hydrogen-bond acceptors (Lipinski definition) is 4. The molecule has 0 aromatic heterocycles. The maximum absolute atomic E-state index is 12.3. The van der Waals surface area contributed by atoms with Crippen molar-refractivity contribution in [1.82, 2.24) is 9.62 Å². The summed E-state index contributed by atoms with van der Waals surface area (Å²) < 4.78 is 27.5. The van der Waals surface area contributed by atoms with Gasteiger partial charge in [0.15, 0.2) is 0 Å². The molecule has 0 amide bonds. The zero-order valence-electron chi connectivity index (χ0n) is 12.1. The number of likely N-dealkylation sites (tertiary alicyclic amines) is 1. The summed E-state index contributed by atoms with van der Waals surface area (Å²) in [7, 11) is -3.47. The first-order valence-corrected chi connectivity index (χ1v) is 8.51. The molecule has 0 spiro atoms. The van der Waals surface area contributed by atoms with Gasteiger partial charge in [-0.1, -0.05) is 13.0 Å². The molecule has 0 atom stereocenters. The Hall–Kier alpha value is -1.11. The van der Waals surface area contributed by atoms with Crippen LogP contribution >= 0.6 is 0 Å². The zero-order chi connectivity index (χ0) is 14.8. The molecule has 1 aliphatic rings. The highest BCUT2D eigenvalue weighted by Crippen LogP contribution is 2.19. The number of piperidine rings is 1. The van der Waals surface area contributed by atoms with E-state index in [0.29, 0.717) is 5.69 Å². The maximum Gasteiger partial charge on any atom is 0.240 e. The molecule has 1 fully saturated rings. The Labute approximate surface area is 121 Å². The fourth-order valence-electron chi connectivity index (χ4n) is 2.44. The quantitative estimate of drug-likeness (QED) is 0.822. The average molecular weight is 297 g/mol. The lowest BCUT2D eigenvalue weighted by molar-refractivity contribution is 0.217. The number of sulfonamides is 1. The monoisotopic (exact) mass is 297 g/mol. The number of nitrogens with one attached hydrogen (secondary N) is 1. The molecule has 0 radical (unpaired) electrons. The van der Waals surface area contributed by atoms with Gasteiger partial charge in [0.25, 0.3) is 0 Å². The van der Waals surface area contributed by atoms with Gasteiger partial charge in [0.1, 0.15) is 0 Å². The highest BCUT2D eigenvalue weighted by Gasteiger charge is 2.24. The minimum atomic E-state index is -3.47. The normalized spacial score (nSPS) is 18.3. The highest BCUT2D eigenvalue weighted by atomic mass is 32.2. The standard InChI is InChI=1S/C14H23N3O2S/c1-3-17-8-6-12(7-9-17)16-20(18,19)13-5-4-11(2)14(15)10-13/h4-5,10,12,16H,3,6-9,15H2,1-2H3. The van der Waals surface area contributed by atoms with Crippen LogP contribution in [0, 0.1) is 6.92 Å². The fraction of sp³-hybridized carbons (Fsp3) is 0.571. The lowest BCUT2D eigenvalue weighted by Gasteiger charge is -2.31. The summed E-state index contributed by atoms with van der Waals surface area (Å²) in [6.07, 6.45) is 1.71. The third kappa shape index (κ3) is 3.50. The second-order valence-electron chi connectivity index (χ2n) is 5.35. The van der Waals surface area contributed by atoms with E-state index in [9.17, 15) is 8.42 Å². The SMILES string of the molecule is CCN1CCC(NS(=O)(=O)c2ccc(C)c(N)c2)CC1. The number of benzene rings is 1. The van der Waals surface area contributed by atoms with Crippen molar-refractivity contribution in [3.63, 3.8) is 0 Å². The van der Waals surface area contributed by atoms with Crippen molar-refractivity contribution < 1.29 is 8.42 Å². The second kappa shape index (κ2) is 6.11. The molecule has 6 heteroatoms. The van der Waals surface area contributed by atoms with Crippen LogP contribution in [0.4, 0.5) is 5.69 Å². The van der Waals surface area contributed by atoms with Gasteiger partial charge in [0.05, 0.1) is 4.90 Å². The maximum atomic E-state index is 12.3. The summed E-state index contributed by atoms with van der Waals surface area (Å²) in [5, 5.41) is 0. The smallest absolute Gasteiger partial charge is 0.240 e. The van der Waals surface area contributed by atoms with Crippen LogP contribution < -0.4 is 10.5 Å². The van der Waals surface area contributed by atoms with E-state index in [1.807, 2.05) is 6.92 Å². The molecule has 1 saturated heterocycles. The minimum Gasteiger partial charge on any atom is -0.398 e. The van der Waals surface area contributed by atoms with Gasteiger partial charge < -0.3 is 10.6 Å². The zero-order valence-corrected chi connectivity index (χ0v) is 12.9. The van der Waals surface area contributed by atoms with Crippen LogP contribution in [0.3, 0.4) is 0 Å². The fourth-order valence-corrected chi connectivity index (χ4v) is 3.78. The van der Waals surface area contributed by atoms with E-state index in [4.69, 9.17) is 5.73 Å². The molecule has 1 aliphatic heterocycles.